The number of hydrogen-bond donors (Lipinski definition) is 0. The molecule has 1 amide bonds. The van der Waals surface area contributed by atoms with Gasteiger partial charge < -0.3 is 14.6 Å². The van der Waals surface area contributed by atoms with Crippen molar-refractivity contribution >= 4 is 18.0 Å². The van der Waals surface area contributed by atoms with Crippen LogP contribution in [0.3, 0.4) is 0 Å². The number of amides is 1. The third kappa shape index (κ3) is 3.10. The number of piperidine rings is 1. The van der Waals surface area contributed by atoms with Gasteiger partial charge in [0, 0.05) is 39.3 Å². The van der Waals surface area contributed by atoms with Crippen LogP contribution in [-0.2, 0) is 4.79 Å². The maximum Gasteiger partial charge on any atom is 0.254 e. The van der Waals surface area contributed by atoms with Gasteiger partial charge >= 0.3 is 0 Å². The van der Waals surface area contributed by atoms with E-state index >= 15 is 0 Å². The first-order valence-electron chi connectivity index (χ1n) is 6.49. The largest absolute Gasteiger partial charge is 0.356 e. The zero-order valence-electron chi connectivity index (χ0n) is 11.4. The third-order valence-corrected chi connectivity index (χ3v) is 3.38. The van der Waals surface area contributed by atoms with Crippen LogP contribution in [0.2, 0.25) is 0 Å². The highest BCUT2D eigenvalue weighted by molar-refractivity contribution is 5.93. The summed E-state index contributed by atoms with van der Waals surface area (Å²) in [5, 5.41) is 0. The summed E-state index contributed by atoms with van der Waals surface area (Å²) in [4.78, 5) is 30.6. The first kappa shape index (κ1) is 13.5. The number of carbonyl (C=O) groups is 2. The van der Waals surface area contributed by atoms with E-state index in [0.717, 1.165) is 38.0 Å². The number of rotatable bonds is 3. The Kier molecular flexibility index (Phi) is 4.14. The lowest BCUT2D eigenvalue weighted by Crippen LogP contribution is -2.36. The van der Waals surface area contributed by atoms with Gasteiger partial charge in [-0.05, 0) is 25.0 Å². The molecule has 0 aliphatic carbocycles. The van der Waals surface area contributed by atoms with Crippen molar-refractivity contribution in [2.45, 2.75) is 12.8 Å². The van der Waals surface area contributed by atoms with E-state index in [1.807, 2.05) is 6.07 Å². The molecule has 1 unspecified atom stereocenters. The number of aldehydes is 1. The molecule has 5 nitrogen and oxygen atoms in total. The molecular weight excluding hydrogens is 242 g/mol. The fourth-order valence-corrected chi connectivity index (χ4v) is 2.29. The minimum Gasteiger partial charge on any atom is -0.356 e. The SMILES string of the molecule is CN(C)C(=O)c1ccc(N2CCCC(C=O)C2)nc1. The first-order chi connectivity index (χ1) is 9.11. The van der Waals surface area contributed by atoms with E-state index in [0.29, 0.717) is 5.56 Å². The van der Waals surface area contributed by atoms with Crippen LogP contribution in [0.25, 0.3) is 0 Å². The Morgan fingerprint density at radius 2 is 2.26 bits per heavy atom. The molecular formula is C14H19N3O2. The lowest BCUT2D eigenvalue weighted by Gasteiger charge is -2.31. The molecule has 0 saturated carbocycles. The van der Waals surface area contributed by atoms with Crippen molar-refractivity contribution in [1.82, 2.24) is 9.88 Å². The van der Waals surface area contributed by atoms with Gasteiger partial charge in [-0.15, -0.1) is 0 Å². The highest BCUT2D eigenvalue weighted by Gasteiger charge is 2.20. The topological polar surface area (TPSA) is 53.5 Å². The Morgan fingerprint density at radius 3 is 2.84 bits per heavy atom. The van der Waals surface area contributed by atoms with Crippen LogP contribution >= 0.6 is 0 Å². The van der Waals surface area contributed by atoms with E-state index < -0.39 is 0 Å². The van der Waals surface area contributed by atoms with E-state index in [2.05, 4.69) is 9.88 Å². The fraction of sp³-hybridized carbons (Fsp3) is 0.500. The van der Waals surface area contributed by atoms with Gasteiger partial charge in [-0.3, -0.25) is 4.79 Å². The minimum atomic E-state index is -0.0523. The monoisotopic (exact) mass is 261 g/mol. The zero-order chi connectivity index (χ0) is 13.8. The number of anilines is 1. The summed E-state index contributed by atoms with van der Waals surface area (Å²) >= 11 is 0. The predicted octanol–water partition coefficient (Wildman–Crippen LogP) is 1.20. The molecule has 1 aromatic rings. The average molecular weight is 261 g/mol. The summed E-state index contributed by atoms with van der Waals surface area (Å²) in [6.45, 7) is 1.63. The molecule has 0 N–H and O–H groups in total. The molecule has 1 aromatic heterocycles. The summed E-state index contributed by atoms with van der Waals surface area (Å²) in [5.74, 6) is 0.879. The molecule has 1 aliphatic rings. The normalized spacial score (nSPS) is 19.1. The maximum absolute atomic E-state index is 11.8. The first-order valence-corrected chi connectivity index (χ1v) is 6.49. The van der Waals surface area contributed by atoms with Crippen LogP contribution in [-0.4, -0.2) is 49.3 Å². The Morgan fingerprint density at radius 1 is 1.47 bits per heavy atom. The van der Waals surface area contributed by atoms with Crippen molar-refractivity contribution in [2.24, 2.45) is 5.92 Å². The summed E-state index contributed by atoms with van der Waals surface area (Å²) in [6.07, 6.45) is 4.58. The number of aromatic nitrogens is 1. The van der Waals surface area contributed by atoms with E-state index in [1.54, 1.807) is 26.4 Å². The van der Waals surface area contributed by atoms with E-state index in [9.17, 15) is 9.59 Å². The second-order valence-corrected chi connectivity index (χ2v) is 5.09. The highest BCUT2D eigenvalue weighted by Crippen LogP contribution is 2.20. The van der Waals surface area contributed by atoms with Gasteiger partial charge in [0.25, 0.3) is 5.91 Å². The minimum absolute atomic E-state index is 0.0523. The van der Waals surface area contributed by atoms with Crippen LogP contribution in [0.5, 0.6) is 0 Å². The quantitative estimate of drug-likeness (QED) is 0.767. The van der Waals surface area contributed by atoms with Crippen molar-refractivity contribution < 1.29 is 9.59 Å². The Labute approximate surface area is 113 Å². The van der Waals surface area contributed by atoms with Crippen molar-refractivity contribution in [3.63, 3.8) is 0 Å². The summed E-state index contributed by atoms with van der Waals surface area (Å²) in [7, 11) is 3.44. The number of hydrogen-bond acceptors (Lipinski definition) is 4. The average Bonchev–Trinajstić information content (AvgIpc) is 2.46. The zero-order valence-corrected chi connectivity index (χ0v) is 11.4. The summed E-state index contributed by atoms with van der Waals surface area (Å²) < 4.78 is 0. The van der Waals surface area contributed by atoms with E-state index in [-0.39, 0.29) is 11.8 Å². The maximum atomic E-state index is 11.8. The van der Waals surface area contributed by atoms with Crippen LogP contribution in [0.4, 0.5) is 5.82 Å². The summed E-state index contributed by atoms with van der Waals surface area (Å²) in [6, 6.07) is 3.64. The molecule has 0 aromatic carbocycles. The van der Waals surface area contributed by atoms with E-state index in [1.165, 1.54) is 4.90 Å². The van der Waals surface area contributed by atoms with Crippen molar-refractivity contribution in [3.8, 4) is 0 Å². The molecule has 2 rings (SSSR count). The van der Waals surface area contributed by atoms with Gasteiger partial charge in [0.2, 0.25) is 0 Å². The van der Waals surface area contributed by atoms with Crippen LogP contribution in [0.1, 0.15) is 23.2 Å². The van der Waals surface area contributed by atoms with Crippen molar-refractivity contribution in [3.05, 3.63) is 23.9 Å². The standard InChI is InChI=1S/C14H19N3O2/c1-16(2)14(19)12-5-6-13(15-8-12)17-7-3-4-11(9-17)10-18/h5-6,8,10-11H,3-4,7,9H2,1-2H3. The lowest BCUT2D eigenvalue weighted by atomic mass is 10.00. The molecule has 0 spiro atoms. The molecule has 1 saturated heterocycles. The highest BCUT2D eigenvalue weighted by atomic mass is 16.2. The molecule has 0 radical (unpaired) electrons. The van der Waals surface area contributed by atoms with Crippen molar-refractivity contribution in [1.29, 1.82) is 0 Å². The predicted molar refractivity (Wildman–Crippen MR) is 73.3 cm³/mol. The van der Waals surface area contributed by atoms with Gasteiger partial charge in [0.15, 0.2) is 0 Å². The Bertz CT molecular complexity index is 456. The molecule has 1 fully saturated rings. The van der Waals surface area contributed by atoms with Crippen LogP contribution in [0, 0.1) is 5.92 Å². The van der Waals surface area contributed by atoms with Gasteiger partial charge in [-0.25, -0.2) is 4.98 Å². The van der Waals surface area contributed by atoms with Crippen LogP contribution in [0.15, 0.2) is 18.3 Å². The molecule has 1 atom stereocenters. The van der Waals surface area contributed by atoms with Gasteiger partial charge in [-0.1, -0.05) is 0 Å². The van der Waals surface area contributed by atoms with Gasteiger partial charge in [0.05, 0.1) is 5.56 Å². The van der Waals surface area contributed by atoms with Crippen LogP contribution < -0.4 is 4.90 Å². The Hall–Kier alpha value is -1.91. The number of nitrogens with zero attached hydrogens (tertiary/aromatic N) is 3. The summed E-state index contributed by atoms with van der Waals surface area (Å²) in [5.41, 5.74) is 0.581. The van der Waals surface area contributed by atoms with E-state index in [4.69, 9.17) is 0 Å². The van der Waals surface area contributed by atoms with Crippen molar-refractivity contribution in [2.75, 3.05) is 32.1 Å². The second kappa shape index (κ2) is 5.82. The smallest absolute Gasteiger partial charge is 0.254 e. The number of pyridine rings is 1. The molecule has 0 bridgehead atoms. The fourth-order valence-electron chi connectivity index (χ4n) is 2.29. The third-order valence-electron chi connectivity index (χ3n) is 3.38. The molecule has 2 heterocycles. The van der Waals surface area contributed by atoms with Gasteiger partial charge in [0.1, 0.15) is 12.1 Å². The molecule has 5 heteroatoms. The lowest BCUT2D eigenvalue weighted by molar-refractivity contribution is -0.111. The Balaban J connectivity index is 2.09. The molecule has 19 heavy (non-hydrogen) atoms. The molecule has 1 aliphatic heterocycles. The molecule has 102 valence electrons. The second-order valence-electron chi connectivity index (χ2n) is 5.09. The number of carbonyl (C=O) groups excluding carboxylic acids is 2. The van der Waals surface area contributed by atoms with Gasteiger partial charge in [-0.2, -0.15) is 0 Å².